The van der Waals surface area contributed by atoms with Crippen LogP contribution in [0.3, 0.4) is 0 Å². The zero-order chi connectivity index (χ0) is 21.2. The summed E-state index contributed by atoms with van der Waals surface area (Å²) in [7, 11) is -3.77. The minimum atomic E-state index is -4.41. The van der Waals surface area contributed by atoms with E-state index < -0.39 is 21.8 Å². The molecule has 0 spiro atoms. The maximum Gasteiger partial charge on any atom is 0.416 e. The van der Waals surface area contributed by atoms with E-state index in [4.69, 9.17) is 0 Å². The van der Waals surface area contributed by atoms with Crippen LogP contribution in [-0.4, -0.2) is 51.9 Å². The molecule has 1 aromatic carbocycles. The molecule has 0 bridgehead atoms. The van der Waals surface area contributed by atoms with Gasteiger partial charge >= 0.3 is 6.18 Å². The number of anilines is 1. The number of rotatable bonds is 5. The summed E-state index contributed by atoms with van der Waals surface area (Å²) in [5.41, 5.74) is -0.279. The Balaban J connectivity index is 1.55. The van der Waals surface area contributed by atoms with E-state index in [1.807, 2.05) is 0 Å². The maximum atomic E-state index is 12.9. The number of alkyl halides is 3. The number of halogens is 4. The first-order valence-corrected chi connectivity index (χ1v) is 11.6. The van der Waals surface area contributed by atoms with Crippen LogP contribution >= 0.6 is 27.3 Å². The van der Waals surface area contributed by atoms with Gasteiger partial charge < -0.3 is 9.80 Å². The van der Waals surface area contributed by atoms with Gasteiger partial charge in [-0.25, -0.2) is 13.1 Å². The Bertz CT molecular complexity index is 987. The maximum absolute atomic E-state index is 12.9. The second-order valence-corrected chi connectivity index (χ2v) is 10.8. The largest absolute Gasteiger partial charge is 0.416 e. The highest BCUT2D eigenvalue weighted by molar-refractivity contribution is 9.11. The summed E-state index contributed by atoms with van der Waals surface area (Å²) in [4.78, 5) is 15.6. The molecule has 1 aliphatic heterocycles. The molecule has 158 valence electrons. The van der Waals surface area contributed by atoms with Crippen molar-refractivity contribution in [3.8, 4) is 0 Å². The molecular formula is C17H17BrF3N3O3S2. The zero-order valence-corrected chi connectivity index (χ0v) is 18.2. The summed E-state index contributed by atoms with van der Waals surface area (Å²) in [6, 6.07) is 8.10. The highest BCUT2D eigenvalue weighted by Gasteiger charge is 2.31. The van der Waals surface area contributed by atoms with Gasteiger partial charge in [0.1, 0.15) is 4.21 Å². The Morgan fingerprint density at radius 2 is 1.83 bits per heavy atom. The molecule has 12 heteroatoms. The van der Waals surface area contributed by atoms with Crippen molar-refractivity contribution in [3.63, 3.8) is 0 Å². The van der Waals surface area contributed by atoms with Crippen molar-refractivity contribution in [1.29, 1.82) is 0 Å². The molecule has 1 amide bonds. The van der Waals surface area contributed by atoms with Gasteiger partial charge in [0, 0.05) is 31.9 Å². The third kappa shape index (κ3) is 5.50. The van der Waals surface area contributed by atoms with E-state index in [-0.39, 0.29) is 16.7 Å². The Morgan fingerprint density at radius 1 is 1.14 bits per heavy atom. The van der Waals surface area contributed by atoms with Crippen LogP contribution in [0.1, 0.15) is 5.56 Å². The molecule has 0 radical (unpaired) electrons. The average molecular weight is 512 g/mol. The summed E-state index contributed by atoms with van der Waals surface area (Å²) in [5.74, 6) is -0.382. The Labute approximate surface area is 178 Å². The number of carbonyl (C=O) groups excluding carboxylic acids is 1. The summed E-state index contributed by atoms with van der Waals surface area (Å²) in [6.07, 6.45) is -4.41. The minimum Gasteiger partial charge on any atom is -0.368 e. The van der Waals surface area contributed by atoms with Crippen molar-refractivity contribution in [2.75, 3.05) is 37.6 Å². The molecule has 3 rings (SSSR count). The first kappa shape index (κ1) is 22.1. The van der Waals surface area contributed by atoms with Gasteiger partial charge in [-0.15, -0.1) is 11.3 Å². The number of nitrogens with zero attached hydrogens (tertiary/aromatic N) is 2. The van der Waals surface area contributed by atoms with E-state index in [2.05, 4.69) is 20.7 Å². The molecule has 29 heavy (non-hydrogen) atoms. The van der Waals surface area contributed by atoms with E-state index in [0.717, 1.165) is 23.5 Å². The van der Waals surface area contributed by atoms with Crippen LogP contribution in [-0.2, 0) is 21.0 Å². The highest BCUT2D eigenvalue weighted by Crippen LogP contribution is 2.32. The second kappa shape index (κ2) is 8.62. The number of piperazine rings is 1. The fraction of sp³-hybridized carbons (Fsp3) is 0.353. The Kier molecular flexibility index (Phi) is 6.56. The van der Waals surface area contributed by atoms with Crippen molar-refractivity contribution < 1.29 is 26.4 Å². The van der Waals surface area contributed by atoms with Crippen molar-refractivity contribution in [2.24, 2.45) is 0 Å². The first-order chi connectivity index (χ1) is 13.6. The summed E-state index contributed by atoms with van der Waals surface area (Å²) in [6.45, 7) is 0.930. The molecule has 0 saturated carbocycles. The molecule has 1 saturated heterocycles. The SMILES string of the molecule is O=C(CNS(=O)(=O)c1ccc(Br)s1)N1CCN(c2cccc(C(F)(F)F)c2)CC1. The predicted molar refractivity (Wildman–Crippen MR) is 107 cm³/mol. The molecule has 0 atom stereocenters. The number of hydrogen-bond donors (Lipinski definition) is 1. The van der Waals surface area contributed by atoms with Crippen molar-refractivity contribution in [1.82, 2.24) is 9.62 Å². The standard InChI is InChI=1S/C17H17BrF3N3O3S2/c18-14-4-5-16(28-14)29(26,27)22-11-15(25)24-8-6-23(7-9-24)13-3-1-2-12(10-13)17(19,20)21/h1-5,10,22H,6-9,11H2. The number of sulfonamides is 1. The number of carbonyl (C=O) groups is 1. The normalized spacial score (nSPS) is 15.6. The van der Waals surface area contributed by atoms with E-state index in [0.29, 0.717) is 35.7 Å². The van der Waals surface area contributed by atoms with Crippen LogP contribution in [0.25, 0.3) is 0 Å². The van der Waals surface area contributed by atoms with Crippen molar-refractivity contribution >= 4 is 48.9 Å². The topological polar surface area (TPSA) is 69.7 Å². The lowest BCUT2D eigenvalue weighted by Gasteiger charge is -2.36. The quantitative estimate of drug-likeness (QED) is 0.669. The van der Waals surface area contributed by atoms with E-state index in [1.54, 1.807) is 17.0 Å². The second-order valence-electron chi connectivity index (χ2n) is 6.30. The molecule has 2 aromatic rings. The fourth-order valence-electron chi connectivity index (χ4n) is 2.87. The van der Waals surface area contributed by atoms with Crippen LogP contribution in [0.15, 0.2) is 44.4 Å². The molecule has 0 unspecified atom stereocenters. The number of thiophene rings is 1. The lowest BCUT2D eigenvalue weighted by atomic mass is 10.1. The monoisotopic (exact) mass is 511 g/mol. The highest BCUT2D eigenvalue weighted by atomic mass is 79.9. The average Bonchev–Trinajstić information content (AvgIpc) is 3.13. The molecule has 0 aliphatic carbocycles. The summed E-state index contributed by atoms with van der Waals surface area (Å²) in [5, 5.41) is 0. The lowest BCUT2D eigenvalue weighted by molar-refractivity contribution is -0.137. The van der Waals surface area contributed by atoms with Gasteiger partial charge in [-0.2, -0.15) is 13.2 Å². The third-order valence-corrected chi connectivity index (χ3v) is 7.91. The minimum absolute atomic E-state index is 0.103. The third-order valence-electron chi connectivity index (χ3n) is 4.40. The molecular weight excluding hydrogens is 495 g/mol. The number of benzene rings is 1. The smallest absolute Gasteiger partial charge is 0.368 e. The van der Waals surface area contributed by atoms with Crippen molar-refractivity contribution in [3.05, 3.63) is 45.7 Å². The molecule has 2 heterocycles. The fourth-order valence-corrected chi connectivity index (χ4v) is 5.90. The lowest BCUT2D eigenvalue weighted by Crippen LogP contribution is -2.51. The van der Waals surface area contributed by atoms with Gasteiger partial charge in [-0.1, -0.05) is 6.07 Å². The van der Waals surface area contributed by atoms with Crippen LogP contribution < -0.4 is 9.62 Å². The molecule has 1 fully saturated rings. The van der Waals surface area contributed by atoms with Gasteiger partial charge in [0.2, 0.25) is 5.91 Å². The van der Waals surface area contributed by atoms with Gasteiger partial charge in [0.15, 0.2) is 0 Å². The predicted octanol–water partition coefficient (Wildman–Crippen LogP) is 3.16. The summed E-state index contributed by atoms with van der Waals surface area (Å²) < 4.78 is 66.1. The van der Waals surface area contributed by atoms with Gasteiger partial charge in [0.25, 0.3) is 10.0 Å². The van der Waals surface area contributed by atoms with E-state index in [9.17, 15) is 26.4 Å². The molecule has 1 aromatic heterocycles. The van der Waals surface area contributed by atoms with Gasteiger partial charge in [0.05, 0.1) is 15.9 Å². The Hall–Kier alpha value is -1.63. The number of amides is 1. The Morgan fingerprint density at radius 3 is 2.41 bits per heavy atom. The molecule has 1 aliphatic rings. The van der Waals surface area contributed by atoms with Gasteiger partial charge in [-0.05, 0) is 46.3 Å². The number of nitrogens with one attached hydrogen (secondary N) is 1. The van der Waals surface area contributed by atoms with Gasteiger partial charge in [-0.3, -0.25) is 4.79 Å². The zero-order valence-electron chi connectivity index (χ0n) is 14.9. The van der Waals surface area contributed by atoms with E-state index in [1.165, 1.54) is 17.0 Å². The van der Waals surface area contributed by atoms with Crippen LogP contribution in [0.5, 0.6) is 0 Å². The molecule has 1 N–H and O–H groups in total. The van der Waals surface area contributed by atoms with E-state index >= 15 is 0 Å². The first-order valence-electron chi connectivity index (χ1n) is 8.51. The van der Waals surface area contributed by atoms with Crippen LogP contribution in [0.2, 0.25) is 0 Å². The molecule has 6 nitrogen and oxygen atoms in total. The van der Waals surface area contributed by atoms with Crippen LogP contribution in [0, 0.1) is 0 Å². The van der Waals surface area contributed by atoms with Crippen molar-refractivity contribution in [2.45, 2.75) is 10.4 Å². The van der Waals surface area contributed by atoms with Crippen LogP contribution in [0.4, 0.5) is 18.9 Å². The number of hydrogen-bond acceptors (Lipinski definition) is 5. The summed E-state index contributed by atoms with van der Waals surface area (Å²) >= 11 is 4.23.